The van der Waals surface area contributed by atoms with Gasteiger partial charge in [0.2, 0.25) is 0 Å². The molecule has 0 radical (unpaired) electrons. The van der Waals surface area contributed by atoms with Crippen molar-refractivity contribution in [2.45, 2.75) is 38.0 Å². The van der Waals surface area contributed by atoms with Crippen LogP contribution in [0.5, 0.6) is 0 Å². The number of carbonyl (C=O) groups excluding carboxylic acids is 2. The third kappa shape index (κ3) is 4.96. The van der Waals surface area contributed by atoms with Crippen LogP contribution in [0, 0.1) is 17.8 Å². The summed E-state index contributed by atoms with van der Waals surface area (Å²) in [5.74, 6) is 6.26. The molecule has 1 atom stereocenters. The third-order valence-electron chi connectivity index (χ3n) is 7.28. The Morgan fingerprint density at radius 1 is 1.15 bits per heavy atom. The molecule has 0 aromatic heterocycles. The molecule has 1 aromatic carbocycles. The maximum atomic E-state index is 12.8. The molecule has 3 heterocycles. The van der Waals surface area contributed by atoms with Gasteiger partial charge < -0.3 is 19.4 Å². The molecule has 1 aromatic rings. The Morgan fingerprint density at radius 2 is 1.91 bits per heavy atom. The molecule has 1 spiro atoms. The van der Waals surface area contributed by atoms with Gasteiger partial charge in [0.1, 0.15) is 0 Å². The van der Waals surface area contributed by atoms with E-state index in [1.54, 1.807) is 4.90 Å². The lowest BCUT2D eigenvalue weighted by atomic mass is 9.74. The number of piperidine rings is 1. The molecule has 178 valence electrons. The maximum absolute atomic E-state index is 12.8. The number of amides is 3. The van der Waals surface area contributed by atoms with Crippen molar-refractivity contribution in [1.29, 1.82) is 0 Å². The summed E-state index contributed by atoms with van der Waals surface area (Å²) in [7, 11) is 3.63. The number of urea groups is 1. The van der Waals surface area contributed by atoms with E-state index in [4.69, 9.17) is 4.74 Å². The fourth-order valence-electron chi connectivity index (χ4n) is 5.51. The molecule has 3 aliphatic heterocycles. The SMILES string of the molecule is CCC#CCOC(=O)N1CC[C@@H](CN2CCC3(CC2)CN(C(=O)N(C)C)c2ccccc23)C1. The molecule has 0 bridgehead atoms. The minimum atomic E-state index is -0.242. The smallest absolute Gasteiger partial charge is 0.410 e. The molecule has 3 aliphatic rings. The van der Waals surface area contributed by atoms with Crippen molar-refractivity contribution < 1.29 is 14.3 Å². The van der Waals surface area contributed by atoms with Crippen molar-refractivity contribution in [3.05, 3.63) is 29.8 Å². The van der Waals surface area contributed by atoms with Crippen LogP contribution in [-0.2, 0) is 10.2 Å². The van der Waals surface area contributed by atoms with Crippen molar-refractivity contribution in [3.8, 4) is 11.8 Å². The lowest BCUT2D eigenvalue weighted by Gasteiger charge is -2.40. The van der Waals surface area contributed by atoms with E-state index in [9.17, 15) is 9.59 Å². The second kappa shape index (κ2) is 10.0. The highest BCUT2D eigenvalue weighted by molar-refractivity contribution is 5.95. The van der Waals surface area contributed by atoms with Gasteiger partial charge in [-0.05, 0) is 49.9 Å². The normalized spacial score (nSPS) is 21.5. The van der Waals surface area contributed by atoms with E-state index in [1.807, 2.05) is 36.9 Å². The van der Waals surface area contributed by atoms with Crippen LogP contribution in [0.25, 0.3) is 0 Å². The molecule has 7 nitrogen and oxygen atoms in total. The van der Waals surface area contributed by atoms with Crippen LogP contribution >= 0.6 is 0 Å². The van der Waals surface area contributed by atoms with Crippen molar-refractivity contribution in [1.82, 2.24) is 14.7 Å². The number of ether oxygens (including phenoxy) is 1. The Labute approximate surface area is 197 Å². The second-order valence-corrected chi connectivity index (χ2v) is 9.72. The monoisotopic (exact) mass is 452 g/mol. The number of benzene rings is 1. The number of nitrogens with zero attached hydrogens (tertiary/aromatic N) is 4. The number of rotatable bonds is 3. The van der Waals surface area contributed by atoms with Crippen LogP contribution in [0.1, 0.15) is 38.2 Å². The van der Waals surface area contributed by atoms with Gasteiger partial charge >= 0.3 is 12.1 Å². The highest BCUT2D eigenvalue weighted by Crippen LogP contribution is 2.47. The minimum Gasteiger partial charge on any atom is -0.436 e. The average molecular weight is 453 g/mol. The number of carbonyl (C=O) groups is 2. The number of likely N-dealkylation sites (tertiary alicyclic amines) is 2. The fraction of sp³-hybridized carbons (Fsp3) is 0.615. The van der Waals surface area contributed by atoms with E-state index in [0.29, 0.717) is 5.92 Å². The zero-order valence-corrected chi connectivity index (χ0v) is 20.2. The van der Waals surface area contributed by atoms with Crippen molar-refractivity contribution >= 4 is 17.8 Å². The second-order valence-electron chi connectivity index (χ2n) is 9.72. The summed E-state index contributed by atoms with van der Waals surface area (Å²) < 4.78 is 5.27. The fourth-order valence-corrected chi connectivity index (χ4v) is 5.51. The van der Waals surface area contributed by atoms with Gasteiger partial charge in [-0.25, -0.2) is 9.59 Å². The summed E-state index contributed by atoms with van der Waals surface area (Å²) in [4.78, 5) is 33.0. The van der Waals surface area contributed by atoms with Crippen LogP contribution < -0.4 is 4.90 Å². The van der Waals surface area contributed by atoms with Gasteiger partial charge in [0.15, 0.2) is 6.61 Å². The number of para-hydroxylation sites is 1. The lowest BCUT2D eigenvalue weighted by molar-refractivity contribution is 0.117. The molecule has 0 N–H and O–H groups in total. The molecule has 7 heteroatoms. The molecule has 0 unspecified atom stereocenters. The average Bonchev–Trinajstić information content (AvgIpc) is 3.41. The van der Waals surface area contributed by atoms with Crippen molar-refractivity contribution in [2.24, 2.45) is 5.92 Å². The van der Waals surface area contributed by atoms with Gasteiger partial charge in [-0.15, -0.1) is 5.92 Å². The third-order valence-corrected chi connectivity index (χ3v) is 7.28. The van der Waals surface area contributed by atoms with E-state index >= 15 is 0 Å². The van der Waals surface area contributed by atoms with Gasteiger partial charge in [0.05, 0.1) is 0 Å². The van der Waals surface area contributed by atoms with E-state index < -0.39 is 0 Å². The number of anilines is 1. The molecular weight excluding hydrogens is 416 g/mol. The first-order chi connectivity index (χ1) is 15.9. The summed E-state index contributed by atoms with van der Waals surface area (Å²) in [6.45, 7) is 7.49. The van der Waals surface area contributed by atoms with E-state index in [2.05, 4.69) is 34.9 Å². The van der Waals surface area contributed by atoms with Gasteiger partial charge in [-0.3, -0.25) is 4.90 Å². The van der Waals surface area contributed by atoms with Gasteiger partial charge in [-0.1, -0.05) is 31.0 Å². The Balaban J connectivity index is 1.31. The summed E-state index contributed by atoms with van der Waals surface area (Å²) in [5.41, 5.74) is 2.43. The predicted octanol–water partition coefficient (Wildman–Crippen LogP) is 3.39. The van der Waals surface area contributed by atoms with Crippen LogP contribution in [0.15, 0.2) is 24.3 Å². The van der Waals surface area contributed by atoms with Gasteiger partial charge in [0.25, 0.3) is 0 Å². The van der Waals surface area contributed by atoms with Gasteiger partial charge in [0, 0.05) is 57.8 Å². The van der Waals surface area contributed by atoms with Crippen LogP contribution in [-0.4, -0.2) is 86.8 Å². The van der Waals surface area contributed by atoms with Crippen LogP contribution in [0.4, 0.5) is 15.3 Å². The highest BCUT2D eigenvalue weighted by Gasteiger charge is 2.46. The summed E-state index contributed by atoms with van der Waals surface area (Å²) in [6, 6.07) is 8.46. The standard InChI is InChI=1S/C26H36N4O3/c1-4-5-8-17-33-25(32)29-14-11-21(19-29)18-28-15-12-26(13-16-28)20-30(24(31)27(2)3)23-10-7-6-9-22(23)26/h6-7,9-10,21H,4,11-20H2,1-3H3/t21-/m0/s1. The zero-order chi connectivity index (χ0) is 23.4. The largest absolute Gasteiger partial charge is 0.436 e. The maximum Gasteiger partial charge on any atom is 0.410 e. The molecule has 0 saturated carbocycles. The van der Waals surface area contributed by atoms with E-state index in [0.717, 1.165) is 70.6 Å². The predicted molar refractivity (Wildman–Crippen MR) is 129 cm³/mol. The lowest BCUT2D eigenvalue weighted by Crippen LogP contribution is -2.48. The van der Waals surface area contributed by atoms with E-state index in [1.165, 1.54) is 5.56 Å². The number of hydrogen-bond acceptors (Lipinski definition) is 4. The minimum absolute atomic E-state index is 0.0454. The molecule has 33 heavy (non-hydrogen) atoms. The Bertz CT molecular complexity index is 927. The quantitative estimate of drug-likeness (QED) is 0.660. The summed E-state index contributed by atoms with van der Waals surface area (Å²) in [6.07, 6.45) is 3.65. The number of hydrogen-bond donors (Lipinski definition) is 0. The molecular formula is C26H36N4O3. The first kappa shape index (κ1) is 23.4. The van der Waals surface area contributed by atoms with Crippen LogP contribution in [0.3, 0.4) is 0 Å². The Hall–Kier alpha value is -2.72. The summed E-state index contributed by atoms with van der Waals surface area (Å²) >= 11 is 0. The van der Waals surface area contributed by atoms with Crippen LogP contribution in [0.2, 0.25) is 0 Å². The summed E-state index contributed by atoms with van der Waals surface area (Å²) in [5, 5.41) is 0. The first-order valence-electron chi connectivity index (χ1n) is 12.1. The Morgan fingerprint density at radius 3 is 2.64 bits per heavy atom. The van der Waals surface area contributed by atoms with E-state index in [-0.39, 0.29) is 24.1 Å². The molecule has 2 fully saturated rings. The van der Waals surface area contributed by atoms with Crippen molar-refractivity contribution in [3.63, 3.8) is 0 Å². The topological polar surface area (TPSA) is 56.3 Å². The van der Waals surface area contributed by atoms with Gasteiger partial charge in [-0.2, -0.15) is 0 Å². The van der Waals surface area contributed by atoms with Crippen molar-refractivity contribution in [2.75, 3.05) is 64.9 Å². The molecule has 3 amide bonds. The Kier molecular flexibility index (Phi) is 7.14. The number of fused-ring (bicyclic) bond motifs is 2. The first-order valence-corrected chi connectivity index (χ1v) is 12.1. The molecule has 0 aliphatic carbocycles. The molecule has 4 rings (SSSR count). The highest BCUT2D eigenvalue weighted by atomic mass is 16.6. The zero-order valence-electron chi connectivity index (χ0n) is 20.2. The molecule has 2 saturated heterocycles.